The normalized spacial score (nSPS) is 23.2. The molecule has 1 amide bonds. The van der Waals surface area contributed by atoms with E-state index in [0.29, 0.717) is 25.4 Å². The number of rotatable bonds is 7. The van der Waals surface area contributed by atoms with Crippen LogP contribution in [-0.4, -0.2) is 47.7 Å². The average molecular weight is 319 g/mol. The molecule has 0 spiro atoms. The summed E-state index contributed by atoms with van der Waals surface area (Å²) in [6.45, 7) is 6.85. The van der Waals surface area contributed by atoms with E-state index in [1.807, 2.05) is 18.2 Å². The number of hydrogen-bond acceptors (Lipinski definition) is 4. The van der Waals surface area contributed by atoms with Crippen LogP contribution < -0.4 is 11.1 Å². The van der Waals surface area contributed by atoms with Crippen molar-refractivity contribution >= 4 is 5.91 Å². The summed E-state index contributed by atoms with van der Waals surface area (Å²) in [5.74, 6) is 0.343. The minimum atomic E-state index is -0.464. The van der Waals surface area contributed by atoms with Crippen molar-refractivity contribution in [1.82, 2.24) is 10.2 Å². The largest absolute Gasteiger partial charge is 0.391 e. The van der Waals surface area contributed by atoms with Crippen LogP contribution in [0.1, 0.15) is 25.8 Å². The Morgan fingerprint density at radius 2 is 2.04 bits per heavy atom. The molecule has 0 aromatic heterocycles. The fourth-order valence-corrected chi connectivity index (χ4v) is 3.09. The SMILES string of the molecule is CC(C)C[C@H](N)C(=O)NCC1CN(Cc2ccccc2)CC1O. The zero-order chi connectivity index (χ0) is 16.8. The zero-order valence-corrected chi connectivity index (χ0v) is 14.1. The van der Waals surface area contributed by atoms with Gasteiger partial charge in [0.2, 0.25) is 5.91 Å². The summed E-state index contributed by atoms with van der Waals surface area (Å²) >= 11 is 0. The van der Waals surface area contributed by atoms with Crippen molar-refractivity contribution in [3.05, 3.63) is 35.9 Å². The topological polar surface area (TPSA) is 78.6 Å². The Bertz CT molecular complexity index is 492. The van der Waals surface area contributed by atoms with E-state index < -0.39 is 12.1 Å². The predicted molar refractivity (Wildman–Crippen MR) is 91.7 cm³/mol. The summed E-state index contributed by atoms with van der Waals surface area (Å²) in [5.41, 5.74) is 7.12. The number of β-amino-alcohol motifs (C(OH)–C–C–N with tert-alkyl or cyclic N) is 1. The van der Waals surface area contributed by atoms with E-state index in [1.165, 1.54) is 5.56 Å². The zero-order valence-electron chi connectivity index (χ0n) is 14.1. The van der Waals surface area contributed by atoms with E-state index in [2.05, 4.69) is 36.2 Å². The number of aliphatic hydroxyl groups is 1. The molecule has 1 saturated heterocycles. The van der Waals surface area contributed by atoms with Crippen molar-refractivity contribution in [2.24, 2.45) is 17.6 Å². The van der Waals surface area contributed by atoms with Gasteiger partial charge in [-0.1, -0.05) is 44.2 Å². The van der Waals surface area contributed by atoms with Crippen molar-refractivity contribution in [2.45, 2.75) is 39.0 Å². The molecule has 1 aromatic carbocycles. The number of nitrogens with one attached hydrogen (secondary N) is 1. The first-order valence-electron chi connectivity index (χ1n) is 8.43. The summed E-state index contributed by atoms with van der Waals surface area (Å²) in [6, 6.07) is 9.76. The lowest BCUT2D eigenvalue weighted by atomic mass is 10.0. The molecule has 2 rings (SSSR count). The van der Waals surface area contributed by atoms with Crippen LogP contribution in [-0.2, 0) is 11.3 Å². The Labute approximate surface area is 138 Å². The van der Waals surface area contributed by atoms with Crippen molar-refractivity contribution in [2.75, 3.05) is 19.6 Å². The van der Waals surface area contributed by atoms with Crippen LogP contribution in [0.15, 0.2) is 30.3 Å². The Balaban J connectivity index is 1.77. The maximum Gasteiger partial charge on any atom is 0.236 e. The summed E-state index contributed by atoms with van der Waals surface area (Å²) in [5, 5.41) is 13.1. The summed E-state index contributed by atoms with van der Waals surface area (Å²) in [4.78, 5) is 14.2. The molecule has 0 radical (unpaired) electrons. The first kappa shape index (κ1) is 17.9. The van der Waals surface area contributed by atoms with Crippen LogP contribution in [0, 0.1) is 11.8 Å². The van der Waals surface area contributed by atoms with Gasteiger partial charge in [-0.3, -0.25) is 9.69 Å². The van der Waals surface area contributed by atoms with Crippen LogP contribution in [0.4, 0.5) is 0 Å². The molecular weight excluding hydrogens is 290 g/mol. The number of amides is 1. The summed E-state index contributed by atoms with van der Waals surface area (Å²) < 4.78 is 0. The molecule has 1 heterocycles. The number of likely N-dealkylation sites (tertiary alicyclic amines) is 1. The molecule has 128 valence electrons. The van der Waals surface area contributed by atoms with E-state index in [1.54, 1.807) is 0 Å². The Morgan fingerprint density at radius 1 is 1.35 bits per heavy atom. The monoisotopic (exact) mass is 319 g/mol. The minimum absolute atomic E-state index is 0.0638. The van der Waals surface area contributed by atoms with Crippen molar-refractivity contribution in [1.29, 1.82) is 0 Å². The van der Waals surface area contributed by atoms with Gasteiger partial charge in [-0.15, -0.1) is 0 Å². The van der Waals surface area contributed by atoms with E-state index in [-0.39, 0.29) is 11.8 Å². The van der Waals surface area contributed by atoms with Gasteiger partial charge in [0.25, 0.3) is 0 Å². The molecule has 23 heavy (non-hydrogen) atoms. The first-order chi connectivity index (χ1) is 11.0. The van der Waals surface area contributed by atoms with Gasteiger partial charge >= 0.3 is 0 Å². The third-order valence-electron chi connectivity index (χ3n) is 4.33. The van der Waals surface area contributed by atoms with E-state index in [0.717, 1.165) is 13.1 Å². The van der Waals surface area contributed by atoms with Gasteiger partial charge in [0.1, 0.15) is 0 Å². The maximum atomic E-state index is 12.0. The Hall–Kier alpha value is -1.43. The molecule has 4 N–H and O–H groups in total. The number of nitrogens with zero attached hydrogens (tertiary/aromatic N) is 1. The molecule has 1 fully saturated rings. The highest BCUT2D eigenvalue weighted by Gasteiger charge is 2.31. The number of carbonyl (C=O) groups excluding carboxylic acids is 1. The number of carbonyl (C=O) groups is 1. The van der Waals surface area contributed by atoms with Gasteiger partial charge in [-0.2, -0.15) is 0 Å². The maximum absolute atomic E-state index is 12.0. The highest BCUT2D eigenvalue weighted by molar-refractivity contribution is 5.81. The van der Waals surface area contributed by atoms with Crippen LogP contribution in [0.2, 0.25) is 0 Å². The average Bonchev–Trinajstić information content (AvgIpc) is 2.84. The Kier molecular flexibility index (Phi) is 6.57. The highest BCUT2D eigenvalue weighted by Crippen LogP contribution is 2.19. The van der Waals surface area contributed by atoms with E-state index in [4.69, 9.17) is 5.73 Å². The van der Waals surface area contributed by atoms with Crippen molar-refractivity contribution in [3.8, 4) is 0 Å². The number of aliphatic hydroxyl groups excluding tert-OH is 1. The van der Waals surface area contributed by atoms with Gasteiger partial charge in [0, 0.05) is 32.1 Å². The van der Waals surface area contributed by atoms with Crippen LogP contribution >= 0.6 is 0 Å². The molecular formula is C18H29N3O2. The molecule has 1 aliphatic heterocycles. The molecule has 3 atom stereocenters. The quantitative estimate of drug-likeness (QED) is 0.700. The first-order valence-corrected chi connectivity index (χ1v) is 8.43. The lowest BCUT2D eigenvalue weighted by molar-refractivity contribution is -0.122. The third-order valence-corrected chi connectivity index (χ3v) is 4.33. The summed E-state index contributed by atoms with van der Waals surface area (Å²) in [7, 11) is 0. The molecule has 5 heteroatoms. The fourth-order valence-electron chi connectivity index (χ4n) is 3.09. The standard InChI is InChI=1S/C18H29N3O2/c1-13(2)8-16(19)18(23)20-9-15-11-21(12-17(15)22)10-14-6-4-3-5-7-14/h3-7,13,15-17,22H,8-12,19H2,1-2H3,(H,20,23)/t15?,16-,17?/m0/s1. The van der Waals surface area contributed by atoms with Crippen LogP contribution in [0.25, 0.3) is 0 Å². The second-order valence-corrected chi connectivity index (χ2v) is 6.99. The molecule has 5 nitrogen and oxygen atoms in total. The third kappa shape index (κ3) is 5.61. The molecule has 0 saturated carbocycles. The van der Waals surface area contributed by atoms with E-state index >= 15 is 0 Å². The second-order valence-electron chi connectivity index (χ2n) is 6.99. The molecule has 0 bridgehead atoms. The fraction of sp³-hybridized carbons (Fsp3) is 0.611. The molecule has 2 unspecified atom stereocenters. The van der Waals surface area contributed by atoms with Gasteiger partial charge in [-0.05, 0) is 17.9 Å². The van der Waals surface area contributed by atoms with Gasteiger partial charge < -0.3 is 16.2 Å². The summed E-state index contributed by atoms with van der Waals surface area (Å²) in [6.07, 6.45) is 0.277. The lowest BCUT2D eigenvalue weighted by Crippen LogP contribution is -2.44. The van der Waals surface area contributed by atoms with Crippen molar-refractivity contribution in [3.63, 3.8) is 0 Å². The minimum Gasteiger partial charge on any atom is -0.391 e. The van der Waals surface area contributed by atoms with Crippen LogP contribution in [0.5, 0.6) is 0 Å². The molecule has 1 aliphatic rings. The van der Waals surface area contributed by atoms with Crippen molar-refractivity contribution < 1.29 is 9.90 Å². The second kappa shape index (κ2) is 8.43. The smallest absolute Gasteiger partial charge is 0.236 e. The molecule has 1 aromatic rings. The van der Waals surface area contributed by atoms with E-state index in [9.17, 15) is 9.90 Å². The number of hydrogen-bond donors (Lipinski definition) is 3. The molecule has 0 aliphatic carbocycles. The number of nitrogens with two attached hydrogens (primary N) is 1. The highest BCUT2D eigenvalue weighted by atomic mass is 16.3. The van der Waals surface area contributed by atoms with Gasteiger partial charge in [-0.25, -0.2) is 0 Å². The lowest BCUT2D eigenvalue weighted by Gasteiger charge is -2.18. The Morgan fingerprint density at radius 3 is 2.70 bits per heavy atom. The predicted octanol–water partition coefficient (Wildman–Crippen LogP) is 0.969. The van der Waals surface area contributed by atoms with Gasteiger partial charge in [0.15, 0.2) is 0 Å². The van der Waals surface area contributed by atoms with Gasteiger partial charge in [0.05, 0.1) is 12.1 Å². The van der Waals surface area contributed by atoms with Crippen LogP contribution in [0.3, 0.4) is 0 Å². The number of benzene rings is 1.